The van der Waals surface area contributed by atoms with Crippen LogP contribution in [0.1, 0.15) is 5.56 Å². The Morgan fingerprint density at radius 2 is 1.79 bits per heavy atom. The van der Waals surface area contributed by atoms with Crippen LogP contribution in [0.5, 0.6) is 0 Å². The van der Waals surface area contributed by atoms with Crippen LogP contribution < -0.4 is 5.56 Å². The fourth-order valence-electron chi connectivity index (χ4n) is 2.28. The molecule has 1 aromatic heterocycles. The fraction of sp³-hybridized carbons (Fsp3) is 0.0625. The molecule has 3 rings (SSSR count). The van der Waals surface area contributed by atoms with Crippen molar-refractivity contribution >= 4 is 10.9 Å². The molecule has 0 fully saturated rings. The number of hydrogen-bond donors (Lipinski definition) is 1. The molecule has 0 unspecified atom stereocenters. The quantitative estimate of drug-likeness (QED) is 0.705. The van der Waals surface area contributed by atoms with E-state index < -0.39 is 0 Å². The third-order valence-corrected chi connectivity index (χ3v) is 3.21. The Hall–Kier alpha value is -2.42. The third kappa shape index (κ3) is 2.15. The first-order chi connectivity index (χ1) is 9.13. The number of nitrogens with one attached hydrogen (secondary N) is 1. The van der Waals surface area contributed by atoms with Gasteiger partial charge in [-0.3, -0.25) is 4.79 Å². The maximum Gasteiger partial charge on any atom is 0.248 e. The number of aromatic amines is 1. The average Bonchev–Trinajstić information content (AvgIpc) is 2.37. The van der Waals surface area contributed by atoms with E-state index in [1.807, 2.05) is 31.2 Å². The summed E-state index contributed by atoms with van der Waals surface area (Å²) in [7, 11) is 0. The van der Waals surface area contributed by atoms with E-state index in [1.165, 1.54) is 12.1 Å². The van der Waals surface area contributed by atoms with Crippen molar-refractivity contribution in [3.8, 4) is 11.1 Å². The number of benzene rings is 2. The zero-order valence-corrected chi connectivity index (χ0v) is 10.4. The fourth-order valence-corrected chi connectivity index (χ4v) is 2.28. The molecule has 3 aromatic rings. The van der Waals surface area contributed by atoms with Crippen LogP contribution in [0.15, 0.2) is 53.3 Å². The molecule has 0 aliphatic heterocycles. The molecule has 0 bridgehead atoms. The van der Waals surface area contributed by atoms with Crippen LogP contribution in [0, 0.1) is 12.7 Å². The lowest BCUT2D eigenvalue weighted by Gasteiger charge is -2.06. The molecule has 0 spiro atoms. The first-order valence-corrected chi connectivity index (χ1v) is 6.03. The smallest absolute Gasteiger partial charge is 0.248 e. The van der Waals surface area contributed by atoms with Gasteiger partial charge in [-0.05, 0) is 41.8 Å². The maximum absolute atomic E-state index is 13.2. The summed E-state index contributed by atoms with van der Waals surface area (Å²) in [6.07, 6.45) is 0. The van der Waals surface area contributed by atoms with Gasteiger partial charge in [-0.2, -0.15) is 0 Å². The number of fused-ring (bicyclic) bond motifs is 1. The Morgan fingerprint density at radius 1 is 1.00 bits per heavy atom. The summed E-state index contributed by atoms with van der Waals surface area (Å²) in [5.74, 6) is -0.268. The van der Waals surface area contributed by atoms with Crippen LogP contribution in [0.3, 0.4) is 0 Å². The van der Waals surface area contributed by atoms with Gasteiger partial charge in [0.25, 0.3) is 0 Å². The zero-order chi connectivity index (χ0) is 13.4. The summed E-state index contributed by atoms with van der Waals surface area (Å²) in [5, 5.41) is 1.000. The molecule has 2 aromatic carbocycles. The SMILES string of the molecule is Cc1cc(=O)[nH]c2cc(-c3cccc(F)c3)ccc12. The Labute approximate surface area is 109 Å². The highest BCUT2D eigenvalue weighted by Gasteiger charge is 2.03. The van der Waals surface area contributed by atoms with Gasteiger partial charge in [0.05, 0.1) is 0 Å². The van der Waals surface area contributed by atoms with Gasteiger partial charge in [-0.1, -0.05) is 24.3 Å². The lowest BCUT2D eigenvalue weighted by atomic mass is 10.0. The number of rotatable bonds is 1. The van der Waals surface area contributed by atoms with Gasteiger partial charge in [0, 0.05) is 17.0 Å². The zero-order valence-electron chi connectivity index (χ0n) is 10.4. The number of aryl methyl sites for hydroxylation is 1. The topological polar surface area (TPSA) is 32.9 Å². The average molecular weight is 253 g/mol. The molecule has 0 saturated carbocycles. The maximum atomic E-state index is 13.2. The number of pyridine rings is 1. The van der Waals surface area contributed by atoms with Gasteiger partial charge < -0.3 is 4.98 Å². The second-order valence-electron chi connectivity index (χ2n) is 4.59. The van der Waals surface area contributed by atoms with E-state index in [0.29, 0.717) is 0 Å². The largest absolute Gasteiger partial charge is 0.322 e. The van der Waals surface area contributed by atoms with Crippen molar-refractivity contribution in [1.82, 2.24) is 4.98 Å². The standard InChI is InChI=1S/C16H12FNO/c1-10-7-16(19)18-15-9-12(5-6-14(10)15)11-3-2-4-13(17)8-11/h2-9H,1H3,(H,18,19). The van der Waals surface area contributed by atoms with Crippen molar-refractivity contribution in [3.63, 3.8) is 0 Å². The molecular formula is C16H12FNO. The van der Waals surface area contributed by atoms with E-state index in [-0.39, 0.29) is 11.4 Å². The predicted molar refractivity (Wildman–Crippen MR) is 74.7 cm³/mol. The van der Waals surface area contributed by atoms with E-state index in [4.69, 9.17) is 0 Å². The summed E-state index contributed by atoms with van der Waals surface area (Å²) in [6, 6.07) is 13.7. The van der Waals surface area contributed by atoms with Gasteiger partial charge in [0.1, 0.15) is 5.82 Å². The molecule has 2 nitrogen and oxygen atoms in total. The molecule has 19 heavy (non-hydrogen) atoms. The van der Waals surface area contributed by atoms with Crippen molar-refractivity contribution < 1.29 is 4.39 Å². The van der Waals surface area contributed by atoms with Crippen LogP contribution in [0.4, 0.5) is 4.39 Å². The van der Waals surface area contributed by atoms with Crippen molar-refractivity contribution in [1.29, 1.82) is 0 Å². The van der Waals surface area contributed by atoms with Crippen molar-refractivity contribution in [2.24, 2.45) is 0 Å². The molecule has 0 atom stereocenters. The molecule has 0 amide bonds. The lowest BCUT2D eigenvalue weighted by Crippen LogP contribution is -2.04. The summed E-state index contributed by atoms with van der Waals surface area (Å²) >= 11 is 0. The molecule has 0 aliphatic rings. The highest BCUT2D eigenvalue weighted by atomic mass is 19.1. The van der Waals surface area contributed by atoms with E-state index in [0.717, 1.165) is 27.6 Å². The second-order valence-corrected chi connectivity index (χ2v) is 4.59. The molecule has 0 saturated heterocycles. The van der Waals surface area contributed by atoms with E-state index >= 15 is 0 Å². The minimum absolute atomic E-state index is 0.124. The molecule has 3 heteroatoms. The van der Waals surface area contributed by atoms with E-state index in [9.17, 15) is 9.18 Å². The normalized spacial score (nSPS) is 10.8. The lowest BCUT2D eigenvalue weighted by molar-refractivity contribution is 0.628. The molecular weight excluding hydrogens is 241 g/mol. The van der Waals surface area contributed by atoms with E-state index in [2.05, 4.69) is 4.98 Å². The number of halogens is 1. The van der Waals surface area contributed by atoms with Crippen LogP contribution >= 0.6 is 0 Å². The van der Waals surface area contributed by atoms with Crippen molar-refractivity contribution in [3.05, 3.63) is 70.3 Å². The summed E-state index contributed by atoms with van der Waals surface area (Å²) < 4.78 is 13.2. The monoisotopic (exact) mass is 253 g/mol. The van der Waals surface area contributed by atoms with Crippen LogP contribution in [0.2, 0.25) is 0 Å². The Kier molecular flexibility index (Phi) is 2.67. The summed E-state index contributed by atoms with van der Waals surface area (Å²) in [4.78, 5) is 14.3. The summed E-state index contributed by atoms with van der Waals surface area (Å²) in [5.41, 5.74) is 3.26. The number of H-pyrrole nitrogens is 1. The van der Waals surface area contributed by atoms with Gasteiger partial charge in [0.2, 0.25) is 5.56 Å². The van der Waals surface area contributed by atoms with E-state index in [1.54, 1.807) is 12.1 Å². The first kappa shape index (κ1) is 11.7. The van der Waals surface area contributed by atoms with Gasteiger partial charge >= 0.3 is 0 Å². The molecule has 0 radical (unpaired) electrons. The molecule has 0 aliphatic carbocycles. The van der Waals surface area contributed by atoms with Crippen LogP contribution in [0.25, 0.3) is 22.0 Å². The predicted octanol–water partition coefficient (Wildman–Crippen LogP) is 3.64. The number of aromatic nitrogens is 1. The van der Waals surface area contributed by atoms with Crippen molar-refractivity contribution in [2.45, 2.75) is 6.92 Å². The number of hydrogen-bond acceptors (Lipinski definition) is 1. The molecule has 1 heterocycles. The highest BCUT2D eigenvalue weighted by molar-refractivity contribution is 5.86. The Balaban J connectivity index is 2.24. The molecule has 94 valence electrons. The van der Waals surface area contributed by atoms with Gasteiger partial charge in [0.15, 0.2) is 0 Å². The van der Waals surface area contributed by atoms with Crippen LogP contribution in [-0.4, -0.2) is 4.98 Å². The minimum Gasteiger partial charge on any atom is -0.322 e. The van der Waals surface area contributed by atoms with Crippen LogP contribution in [-0.2, 0) is 0 Å². The minimum atomic E-state index is -0.268. The first-order valence-electron chi connectivity index (χ1n) is 6.03. The Morgan fingerprint density at radius 3 is 2.58 bits per heavy atom. The third-order valence-electron chi connectivity index (χ3n) is 3.21. The van der Waals surface area contributed by atoms with Gasteiger partial charge in [-0.15, -0.1) is 0 Å². The van der Waals surface area contributed by atoms with Crippen molar-refractivity contribution in [2.75, 3.05) is 0 Å². The summed E-state index contributed by atoms with van der Waals surface area (Å²) in [6.45, 7) is 1.90. The van der Waals surface area contributed by atoms with Gasteiger partial charge in [-0.25, -0.2) is 4.39 Å². The molecule has 1 N–H and O–H groups in total. The second kappa shape index (κ2) is 4.35. The highest BCUT2D eigenvalue weighted by Crippen LogP contribution is 2.24. The Bertz CT molecular complexity index is 820.